The third kappa shape index (κ3) is 3.62. The summed E-state index contributed by atoms with van der Waals surface area (Å²) in [5, 5.41) is 0. The van der Waals surface area contributed by atoms with E-state index in [0.717, 1.165) is 32.1 Å². The highest BCUT2D eigenvalue weighted by molar-refractivity contribution is 6.09. The van der Waals surface area contributed by atoms with Crippen LogP contribution in [0.3, 0.4) is 0 Å². The minimum absolute atomic E-state index is 0.145. The summed E-state index contributed by atoms with van der Waals surface area (Å²) in [5.74, 6) is -2.01. The molecular formula is C23H28O5. The first-order chi connectivity index (χ1) is 13.4. The van der Waals surface area contributed by atoms with Crippen LogP contribution in [0.2, 0.25) is 0 Å². The van der Waals surface area contributed by atoms with Gasteiger partial charge in [-0.25, -0.2) is 0 Å². The lowest BCUT2D eigenvalue weighted by Gasteiger charge is -2.35. The summed E-state index contributed by atoms with van der Waals surface area (Å²) in [6, 6.07) is 0. The Kier molecular flexibility index (Phi) is 6.01. The number of ether oxygens (including phenoxy) is 2. The number of ketones is 2. The monoisotopic (exact) mass is 384 g/mol. The van der Waals surface area contributed by atoms with E-state index in [-0.39, 0.29) is 11.6 Å². The third-order valence-corrected chi connectivity index (χ3v) is 5.76. The Morgan fingerprint density at radius 2 is 1.93 bits per heavy atom. The van der Waals surface area contributed by atoms with Gasteiger partial charge in [0.2, 0.25) is 0 Å². The molecule has 0 radical (unpaired) electrons. The minimum Gasteiger partial charge on any atom is -0.465 e. The van der Waals surface area contributed by atoms with E-state index in [1.165, 1.54) is 6.08 Å². The molecule has 0 saturated carbocycles. The second kappa shape index (κ2) is 8.29. The Labute approximate surface area is 166 Å². The molecule has 2 heterocycles. The largest absolute Gasteiger partial charge is 0.465 e. The van der Waals surface area contributed by atoms with Crippen LogP contribution in [0.1, 0.15) is 59.3 Å². The zero-order chi connectivity index (χ0) is 20.3. The molecule has 1 aliphatic carbocycles. The Morgan fingerprint density at radius 1 is 1.18 bits per heavy atom. The second-order valence-electron chi connectivity index (χ2n) is 7.82. The summed E-state index contributed by atoms with van der Waals surface area (Å²) in [5.41, 5.74) is 0.0287. The van der Waals surface area contributed by atoms with Crippen molar-refractivity contribution >= 4 is 17.5 Å². The fourth-order valence-electron chi connectivity index (χ4n) is 4.23. The zero-order valence-corrected chi connectivity index (χ0v) is 16.8. The number of allylic oxidation sites excluding steroid dienone is 4. The summed E-state index contributed by atoms with van der Waals surface area (Å²) in [4.78, 5) is 38.3. The number of esters is 1. The molecule has 2 aliphatic heterocycles. The number of rotatable bonds is 8. The SMILES string of the molecule is C/C=C/C1=CC2=CC(=O)[C@@]3(C)OC(=O)[C@@H](C(=O)CCCCCCC)[C@@H]3C2=CO1. The Morgan fingerprint density at radius 3 is 2.64 bits per heavy atom. The minimum atomic E-state index is -1.34. The smallest absolute Gasteiger partial charge is 0.318 e. The van der Waals surface area contributed by atoms with E-state index in [9.17, 15) is 14.4 Å². The van der Waals surface area contributed by atoms with Crippen molar-refractivity contribution in [2.45, 2.75) is 64.9 Å². The molecule has 0 aromatic rings. The molecule has 150 valence electrons. The molecule has 0 amide bonds. The summed E-state index contributed by atoms with van der Waals surface area (Å²) < 4.78 is 11.1. The lowest BCUT2D eigenvalue weighted by molar-refractivity contribution is -0.156. The van der Waals surface area contributed by atoms with E-state index in [2.05, 4.69) is 6.92 Å². The number of fused-ring (bicyclic) bond motifs is 3. The van der Waals surface area contributed by atoms with Gasteiger partial charge in [0.05, 0.1) is 12.2 Å². The quantitative estimate of drug-likeness (QED) is 0.354. The van der Waals surface area contributed by atoms with Crippen LogP contribution in [0.15, 0.2) is 47.5 Å². The van der Waals surface area contributed by atoms with E-state index < -0.39 is 23.4 Å². The molecule has 0 unspecified atom stereocenters. The standard InChI is InChI=1S/C23H28O5/c1-4-6-7-8-9-11-18(24)20-21-17-14-27-16(10-5-2)12-15(17)13-19(25)23(21,3)28-22(20)26/h5,10,12-14,20-21H,4,6-9,11H2,1-3H3/b10-5+/t20-,21-,23+/m0/s1. The van der Waals surface area contributed by atoms with E-state index >= 15 is 0 Å². The number of carbonyl (C=O) groups is 3. The highest BCUT2D eigenvalue weighted by Crippen LogP contribution is 2.50. The van der Waals surface area contributed by atoms with Gasteiger partial charge in [-0.1, -0.05) is 38.7 Å². The fraction of sp³-hybridized carbons (Fsp3) is 0.522. The van der Waals surface area contributed by atoms with Gasteiger partial charge in [-0.3, -0.25) is 14.4 Å². The summed E-state index contributed by atoms with van der Waals surface area (Å²) >= 11 is 0. The Balaban J connectivity index is 1.83. The molecule has 28 heavy (non-hydrogen) atoms. The number of Topliss-reactive ketones (excluding diaryl/α,β-unsaturated/α-hetero) is 1. The number of unbranched alkanes of at least 4 members (excludes halogenated alkanes) is 4. The van der Waals surface area contributed by atoms with Gasteiger partial charge in [0.25, 0.3) is 0 Å². The molecule has 0 spiro atoms. The molecule has 0 aromatic heterocycles. The Bertz CT molecular complexity index is 798. The molecule has 0 N–H and O–H groups in total. The first-order valence-electron chi connectivity index (χ1n) is 10.2. The molecule has 1 saturated heterocycles. The van der Waals surface area contributed by atoms with E-state index in [0.29, 0.717) is 23.3 Å². The van der Waals surface area contributed by atoms with Gasteiger partial charge >= 0.3 is 5.97 Å². The van der Waals surface area contributed by atoms with Crippen LogP contribution in [0, 0.1) is 11.8 Å². The molecule has 5 nitrogen and oxygen atoms in total. The maximum absolute atomic E-state index is 12.9. The lowest BCUT2D eigenvalue weighted by atomic mass is 9.67. The first kappa shape index (κ1) is 20.3. The van der Waals surface area contributed by atoms with Crippen LogP contribution >= 0.6 is 0 Å². The number of hydrogen-bond donors (Lipinski definition) is 0. The van der Waals surface area contributed by atoms with Gasteiger partial charge in [-0.2, -0.15) is 0 Å². The van der Waals surface area contributed by atoms with Gasteiger partial charge < -0.3 is 9.47 Å². The van der Waals surface area contributed by atoms with Crippen LogP contribution in [0.4, 0.5) is 0 Å². The van der Waals surface area contributed by atoms with Crippen LogP contribution in [0.25, 0.3) is 0 Å². The lowest BCUT2D eigenvalue weighted by Crippen LogP contribution is -2.46. The predicted molar refractivity (Wildman–Crippen MR) is 105 cm³/mol. The van der Waals surface area contributed by atoms with E-state index in [4.69, 9.17) is 9.47 Å². The molecule has 3 atom stereocenters. The molecule has 5 heteroatoms. The number of carbonyl (C=O) groups excluding carboxylic acids is 3. The van der Waals surface area contributed by atoms with Crippen molar-refractivity contribution in [2.75, 3.05) is 0 Å². The third-order valence-electron chi connectivity index (χ3n) is 5.76. The van der Waals surface area contributed by atoms with Gasteiger partial charge in [-0.15, -0.1) is 0 Å². The zero-order valence-electron chi connectivity index (χ0n) is 16.8. The second-order valence-corrected chi connectivity index (χ2v) is 7.82. The van der Waals surface area contributed by atoms with Gasteiger partial charge in [0.1, 0.15) is 17.5 Å². The van der Waals surface area contributed by atoms with Crippen molar-refractivity contribution in [1.82, 2.24) is 0 Å². The average molecular weight is 384 g/mol. The van der Waals surface area contributed by atoms with Crippen molar-refractivity contribution in [3.63, 3.8) is 0 Å². The summed E-state index contributed by atoms with van der Waals surface area (Å²) in [7, 11) is 0. The maximum atomic E-state index is 12.9. The molecule has 0 bridgehead atoms. The first-order valence-corrected chi connectivity index (χ1v) is 10.2. The highest BCUT2D eigenvalue weighted by Gasteiger charge is 2.62. The average Bonchev–Trinajstić information content (AvgIpc) is 2.94. The topological polar surface area (TPSA) is 69.7 Å². The number of hydrogen-bond acceptors (Lipinski definition) is 5. The highest BCUT2D eigenvalue weighted by atomic mass is 16.6. The van der Waals surface area contributed by atoms with Gasteiger partial charge in [0, 0.05) is 12.0 Å². The molecule has 1 fully saturated rings. The fourth-order valence-corrected chi connectivity index (χ4v) is 4.23. The van der Waals surface area contributed by atoms with Gasteiger partial charge in [-0.05, 0) is 44.1 Å². The Hall–Kier alpha value is -2.43. The van der Waals surface area contributed by atoms with Crippen molar-refractivity contribution in [2.24, 2.45) is 11.8 Å². The molecule has 3 aliphatic rings. The van der Waals surface area contributed by atoms with Crippen molar-refractivity contribution in [3.05, 3.63) is 47.5 Å². The molecule has 3 rings (SSSR count). The van der Waals surface area contributed by atoms with Crippen molar-refractivity contribution < 1.29 is 23.9 Å². The molecular weight excluding hydrogens is 356 g/mol. The molecule has 0 aromatic carbocycles. The van der Waals surface area contributed by atoms with Gasteiger partial charge in [0.15, 0.2) is 11.4 Å². The van der Waals surface area contributed by atoms with Crippen LogP contribution in [-0.2, 0) is 23.9 Å². The van der Waals surface area contributed by atoms with Crippen molar-refractivity contribution in [3.8, 4) is 0 Å². The summed E-state index contributed by atoms with van der Waals surface area (Å²) in [6.45, 7) is 5.62. The van der Waals surface area contributed by atoms with E-state index in [1.54, 1.807) is 25.3 Å². The van der Waals surface area contributed by atoms with Crippen LogP contribution < -0.4 is 0 Å². The normalized spacial score (nSPS) is 28.8. The predicted octanol–water partition coefficient (Wildman–Crippen LogP) is 4.35. The van der Waals surface area contributed by atoms with Crippen molar-refractivity contribution in [1.29, 1.82) is 0 Å². The summed E-state index contributed by atoms with van der Waals surface area (Å²) in [6.07, 6.45) is 13.9. The van der Waals surface area contributed by atoms with Crippen LogP contribution in [0.5, 0.6) is 0 Å². The maximum Gasteiger partial charge on any atom is 0.318 e. The van der Waals surface area contributed by atoms with Crippen LogP contribution in [-0.4, -0.2) is 23.1 Å². The van der Waals surface area contributed by atoms with E-state index in [1.807, 2.05) is 13.0 Å².